The minimum Gasteiger partial charge on any atom is -0.255 e. The zero-order chi connectivity index (χ0) is 19.3. The summed E-state index contributed by atoms with van der Waals surface area (Å²) in [6.07, 6.45) is 8.64. The molecule has 2 aromatic carbocycles. The maximum absolute atomic E-state index is 4.71. The first kappa shape index (κ1) is 19.6. The van der Waals surface area contributed by atoms with E-state index in [1.807, 2.05) is 42.0 Å². The van der Waals surface area contributed by atoms with Gasteiger partial charge < -0.3 is 0 Å². The molecule has 2 aromatic heterocycles. The van der Waals surface area contributed by atoms with Crippen LogP contribution in [0.5, 0.6) is 0 Å². The van der Waals surface area contributed by atoms with E-state index in [9.17, 15) is 0 Å². The third-order valence-electron chi connectivity index (χ3n) is 4.56. The molecule has 28 heavy (non-hydrogen) atoms. The Hall–Kier alpha value is -1.69. The van der Waals surface area contributed by atoms with Crippen LogP contribution in [0, 0.1) is 0 Å². The molecule has 4 aromatic rings. The summed E-state index contributed by atoms with van der Waals surface area (Å²) in [5.41, 5.74) is 2.10. The molecule has 4 rings (SSSR count). The van der Waals surface area contributed by atoms with E-state index in [0.29, 0.717) is 0 Å². The van der Waals surface area contributed by atoms with Gasteiger partial charge in [0.25, 0.3) is 0 Å². The molecule has 0 atom stereocenters. The van der Waals surface area contributed by atoms with Gasteiger partial charge in [-0.3, -0.25) is 9.97 Å². The van der Waals surface area contributed by atoms with Gasteiger partial charge in [0.05, 0.1) is 11.0 Å². The highest BCUT2D eigenvalue weighted by molar-refractivity contribution is 8.03. The molecule has 0 N–H and O–H groups in total. The summed E-state index contributed by atoms with van der Waals surface area (Å²) in [6.45, 7) is 2.24. The van der Waals surface area contributed by atoms with Gasteiger partial charge in [-0.05, 0) is 30.6 Å². The lowest BCUT2D eigenvalue weighted by molar-refractivity contribution is 0.895. The standard InChI is InChI=1S/C23H22N2S3/c1-3-4-13-27-20-14-24-19-12-8-6-10-17(19)23(20)28-21-15-25-18-11-7-5-9-16(18)22(21)26-2/h5-12,14-15H,3-4,13H2,1-2H3. The molecule has 0 bridgehead atoms. The number of nitrogens with zero attached hydrogens (tertiary/aromatic N) is 2. The number of benzene rings is 2. The number of thioether (sulfide) groups is 2. The number of pyridine rings is 2. The van der Waals surface area contributed by atoms with Crippen molar-refractivity contribution in [2.75, 3.05) is 12.0 Å². The Morgan fingerprint density at radius 1 is 0.786 bits per heavy atom. The molecule has 142 valence electrons. The number of rotatable bonds is 7. The molecule has 0 unspecified atom stereocenters. The summed E-state index contributed by atoms with van der Waals surface area (Å²) in [4.78, 5) is 14.5. The Kier molecular flexibility index (Phi) is 6.45. The average Bonchev–Trinajstić information content (AvgIpc) is 2.75. The maximum Gasteiger partial charge on any atom is 0.0714 e. The highest BCUT2D eigenvalue weighted by atomic mass is 32.2. The number of para-hydroxylation sites is 2. The van der Waals surface area contributed by atoms with Crippen molar-refractivity contribution in [3.8, 4) is 0 Å². The van der Waals surface area contributed by atoms with Crippen LogP contribution in [0.25, 0.3) is 21.8 Å². The van der Waals surface area contributed by atoms with E-state index in [0.717, 1.165) is 16.8 Å². The van der Waals surface area contributed by atoms with E-state index in [1.54, 1.807) is 11.8 Å². The van der Waals surface area contributed by atoms with Gasteiger partial charge in [0.15, 0.2) is 0 Å². The third-order valence-corrected chi connectivity index (χ3v) is 7.95. The van der Waals surface area contributed by atoms with Gasteiger partial charge in [-0.2, -0.15) is 0 Å². The van der Waals surface area contributed by atoms with Crippen molar-refractivity contribution in [1.29, 1.82) is 0 Å². The molecule has 0 saturated heterocycles. The van der Waals surface area contributed by atoms with Crippen molar-refractivity contribution < 1.29 is 0 Å². The van der Waals surface area contributed by atoms with Gasteiger partial charge in [-0.15, -0.1) is 23.5 Å². The Balaban J connectivity index is 1.82. The first-order chi connectivity index (χ1) is 13.8. The molecular formula is C23H22N2S3. The van der Waals surface area contributed by atoms with Crippen LogP contribution in [0.15, 0.2) is 80.5 Å². The Bertz CT molecular complexity index is 1110. The number of hydrogen-bond donors (Lipinski definition) is 0. The van der Waals surface area contributed by atoms with Crippen molar-refractivity contribution in [2.24, 2.45) is 0 Å². The van der Waals surface area contributed by atoms with E-state index < -0.39 is 0 Å². The summed E-state index contributed by atoms with van der Waals surface area (Å²) >= 11 is 5.53. The van der Waals surface area contributed by atoms with Gasteiger partial charge in [-0.1, -0.05) is 61.5 Å². The molecule has 0 spiro atoms. The summed E-state index contributed by atoms with van der Waals surface area (Å²) < 4.78 is 0. The lowest BCUT2D eigenvalue weighted by Gasteiger charge is -2.14. The van der Waals surface area contributed by atoms with Crippen LogP contribution >= 0.6 is 35.3 Å². The van der Waals surface area contributed by atoms with Gasteiger partial charge in [0.1, 0.15) is 0 Å². The minimum absolute atomic E-state index is 1.05. The van der Waals surface area contributed by atoms with Gasteiger partial charge in [-0.25, -0.2) is 0 Å². The number of unbranched alkanes of at least 4 members (excludes halogenated alkanes) is 1. The number of hydrogen-bond acceptors (Lipinski definition) is 5. The molecule has 2 heterocycles. The van der Waals surface area contributed by atoms with E-state index in [2.05, 4.69) is 55.6 Å². The normalized spacial score (nSPS) is 11.4. The highest BCUT2D eigenvalue weighted by Gasteiger charge is 2.15. The Morgan fingerprint density at radius 2 is 1.39 bits per heavy atom. The summed E-state index contributed by atoms with van der Waals surface area (Å²) in [5, 5.41) is 2.44. The van der Waals surface area contributed by atoms with Crippen LogP contribution < -0.4 is 0 Å². The molecule has 0 aliphatic heterocycles. The summed E-state index contributed by atoms with van der Waals surface area (Å²) in [6, 6.07) is 16.8. The molecule has 0 aliphatic rings. The molecule has 0 amide bonds. The fourth-order valence-electron chi connectivity index (χ4n) is 3.12. The van der Waals surface area contributed by atoms with E-state index in [1.165, 1.54) is 43.2 Å². The smallest absolute Gasteiger partial charge is 0.0714 e. The minimum atomic E-state index is 1.05. The summed E-state index contributed by atoms with van der Waals surface area (Å²) in [5.74, 6) is 1.12. The molecule has 0 radical (unpaired) electrons. The second kappa shape index (κ2) is 9.21. The first-order valence-electron chi connectivity index (χ1n) is 9.42. The average molecular weight is 423 g/mol. The van der Waals surface area contributed by atoms with Crippen LogP contribution in [-0.4, -0.2) is 22.0 Å². The van der Waals surface area contributed by atoms with Crippen LogP contribution in [0.4, 0.5) is 0 Å². The van der Waals surface area contributed by atoms with Gasteiger partial charge in [0, 0.05) is 42.7 Å². The molecule has 2 nitrogen and oxygen atoms in total. The Morgan fingerprint density at radius 3 is 2.04 bits per heavy atom. The molecule has 5 heteroatoms. The van der Waals surface area contributed by atoms with Gasteiger partial charge >= 0.3 is 0 Å². The second-order valence-corrected chi connectivity index (χ2v) is 9.45. The van der Waals surface area contributed by atoms with Gasteiger partial charge in [0.2, 0.25) is 0 Å². The van der Waals surface area contributed by atoms with Crippen molar-refractivity contribution in [1.82, 2.24) is 9.97 Å². The van der Waals surface area contributed by atoms with Crippen molar-refractivity contribution in [3.63, 3.8) is 0 Å². The van der Waals surface area contributed by atoms with Crippen molar-refractivity contribution >= 4 is 57.1 Å². The predicted molar refractivity (Wildman–Crippen MR) is 125 cm³/mol. The number of aromatic nitrogens is 2. The number of fused-ring (bicyclic) bond motifs is 2. The quantitative estimate of drug-likeness (QED) is 0.226. The van der Waals surface area contributed by atoms with Crippen molar-refractivity contribution in [3.05, 3.63) is 60.9 Å². The zero-order valence-electron chi connectivity index (χ0n) is 16.0. The van der Waals surface area contributed by atoms with Crippen LogP contribution in [0.2, 0.25) is 0 Å². The topological polar surface area (TPSA) is 25.8 Å². The van der Waals surface area contributed by atoms with Crippen LogP contribution in [0.1, 0.15) is 19.8 Å². The van der Waals surface area contributed by atoms with E-state index >= 15 is 0 Å². The van der Waals surface area contributed by atoms with E-state index in [4.69, 9.17) is 9.97 Å². The molecule has 0 aliphatic carbocycles. The molecule has 0 fully saturated rings. The fourth-order valence-corrected chi connectivity index (χ4v) is 6.43. The Labute approximate surface area is 178 Å². The lowest BCUT2D eigenvalue weighted by atomic mass is 10.2. The van der Waals surface area contributed by atoms with Crippen LogP contribution in [-0.2, 0) is 0 Å². The first-order valence-corrected chi connectivity index (χ1v) is 12.4. The lowest BCUT2D eigenvalue weighted by Crippen LogP contribution is -1.91. The predicted octanol–water partition coefficient (Wildman–Crippen LogP) is 7.55. The van der Waals surface area contributed by atoms with E-state index in [-0.39, 0.29) is 0 Å². The SMILES string of the molecule is CCCCSc1cnc2ccccc2c1Sc1cnc2ccccc2c1SC. The second-order valence-electron chi connectivity index (χ2n) is 6.45. The van der Waals surface area contributed by atoms with Crippen molar-refractivity contribution in [2.45, 2.75) is 39.3 Å². The largest absolute Gasteiger partial charge is 0.255 e. The van der Waals surface area contributed by atoms with Crippen LogP contribution in [0.3, 0.4) is 0 Å². The fraction of sp³-hybridized carbons (Fsp3) is 0.217. The highest BCUT2D eigenvalue weighted by Crippen LogP contribution is 2.44. The summed E-state index contributed by atoms with van der Waals surface area (Å²) in [7, 11) is 0. The monoisotopic (exact) mass is 422 g/mol. The zero-order valence-corrected chi connectivity index (χ0v) is 18.5. The third kappa shape index (κ3) is 4.02. The molecule has 0 saturated carbocycles. The molecular weight excluding hydrogens is 400 g/mol. The maximum atomic E-state index is 4.71.